The van der Waals surface area contributed by atoms with E-state index < -0.39 is 0 Å². The fourth-order valence-electron chi connectivity index (χ4n) is 3.07. The number of thioether (sulfide) groups is 1. The Kier molecular flexibility index (Phi) is 5.54. The summed E-state index contributed by atoms with van der Waals surface area (Å²) >= 11 is 7.52. The highest BCUT2D eigenvalue weighted by Crippen LogP contribution is 2.32. The summed E-state index contributed by atoms with van der Waals surface area (Å²) in [6.45, 7) is 4.14. The van der Waals surface area contributed by atoms with E-state index in [0.29, 0.717) is 11.6 Å². The van der Waals surface area contributed by atoms with Crippen LogP contribution in [0.4, 0.5) is 11.6 Å². The highest BCUT2D eigenvalue weighted by atomic mass is 35.5. The van der Waals surface area contributed by atoms with Crippen molar-refractivity contribution in [2.75, 3.05) is 17.2 Å². The molecule has 0 atom stereocenters. The van der Waals surface area contributed by atoms with Crippen LogP contribution in [0.25, 0.3) is 0 Å². The van der Waals surface area contributed by atoms with Crippen molar-refractivity contribution in [2.45, 2.75) is 25.2 Å². The van der Waals surface area contributed by atoms with Gasteiger partial charge in [0.1, 0.15) is 0 Å². The zero-order chi connectivity index (χ0) is 19.5. The molecule has 1 aliphatic heterocycles. The van der Waals surface area contributed by atoms with Crippen LogP contribution in [0.15, 0.2) is 53.7 Å². The molecule has 144 valence electrons. The van der Waals surface area contributed by atoms with Crippen molar-refractivity contribution < 1.29 is 4.79 Å². The van der Waals surface area contributed by atoms with E-state index in [1.165, 1.54) is 17.3 Å². The van der Waals surface area contributed by atoms with Gasteiger partial charge in [0.2, 0.25) is 11.9 Å². The second-order valence-corrected chi connectivity index (χ2v) is 7.93. The standard InChI is InChI=1S/C20H20ClN5OS/c1-14-6-8-16(9-7-14)25-10-11-26-19(25)23-24-20(26)28-13-18(27)22-12-15-4-2-3-5-17(15)21/h2-9H,10-13H2,1H3,(H,22,27). The summed E-state index contributed by atoms with van der Waals surface area (Å²) in [5.74, 6) is 1.05. The molecular formula is C20H20ClN5OS. The van der Waals surface area contributed by atoms with E-state index in [1.807, 2.05) is 24.3 Å². The van der Waals surface area contributed by atoms with Crippen molar-refractivity contribution in [1.29, 1.82) is 0 Å². The highest BCUT2D eigenvalue weighted by Gasteiger charge is 2.26. The second kappa shape index (κ2) is 8.24. The van der Waals surface area contributed by atoms with Crippen LogP contribution in [0.2, 0.25) is 5.02 Å². The van der Waals surface area contributed by atoms with Crippen LogP contribution in [0.5, 0.6) is 0 Å². The summed E-state index contributed by atoms with van der Waals surface area (Å²) in [5.41, 5.74) is 3.23. The van der Waals surface area contributed by atoms with Gasteiger partial charge in [-0.2, -0.15) is 0 Å². The first kappa shape index (κ1) is 18.8. The Labute approximate surface area is 172 Å². The monoisotopic (exact) mass is 413 g/mol. The smallest absolute Gasteiger partial charge is 0.232 e. The van der Waals surface area contributed by atoms with Crippen molar-refractivity contribution in [1.82, 2.24) is 20.1 Å². The molecular weight excluding hydrogens is 394 g/mol. The molecule has 0 unspecified atom stereocenters. The van der Waals surface area contributed by atoms with Crippen molar-refractivity contribution in [3.63, 3.8) is 0 Å². The number of carbonyl (C=O) groups excluding carboxylic acids is 1. The first-order valence-corrected chi connectivity index (χ1v) is 10.4. The first-order chi connectivity index (χ1) is 13.6. The van der Waals surface area contributed by atoms with Gasteiger partial charge in [-0.05, 0) is 30.7 Å². The van der Waals surface area contributed by atoms with Crippen molar-refractivity contribution in [2.24, 2.45) is 0 Å². The van der Waals surface area contributed by atoms with Gasteiger partial charge in [0.25, 0.3) is 0 Å². The molecule has 2 heterocycles. The van der Waals surface area contributed by atoms with E-state index >= 15 is 0 Å². The molecule has 0 saturated carbocycles. The molecule has 2 aromatic carbocycles. The van der Waals surface area contributed by atoms with E-state index in [1.54, 1.807) is 0 Å². The summed E-state index contributed by atoms with van der Waals surface area (Å²) in [6.07, 6.45) is 0. The zero-order valence-corrected chi connectivity index (χ0v) is 17.0. The number of hydrogen-bond donors (Lipinski definition) is 1. The molecule has 0 spiro atoms. The lowest BCUT2D eigenvalue weighted by Gasteiger charge is -2.15. The Bertz CT molecular complexity index is 989. The SMILES string of the molecule is Cc1ccc(N2CCn3c(SCC(=O)NCc4ccccc4Cl)nnc32)cc1. The first-order valence-electron chi connectivity index (χ1n) is 9.02. The van der Waals surface area contributed by atoms with Gasteiger partial charge in [0, 0.05) is 30.3 Å². The minimum Gasteiger partial charge on any atom is -0.351 e. The van der Waals surface area contributed by atoms with Gasteiger partial charge in [0.15, 0.2) is 5.16 Å². The molecule has 1 aliphatic rings. The fraction of sp³-hybridized carbons (Fsp3) is 0.250. The number of nitrogens with one attached hydrogen (secondary N) is 1. The summed E-state index contributed by atoms with van der Waals surface area (Å²) in [6, 6.07) is 15.9. The Hall–Kier alpha value is -2.51. The largest absolute Gasteiger partial charge is 0.351 e. The van der Waals surface area contributed by atoms with Gasteiger partial charge < -0.3 is 10.2 Å². The van der Waals surface area contributed by atoms with Crippen LogP contribution in [-0.2, 0) is 17.9 Å². The summed E-state index contributed by atoms with van der Waals surface area (Å²) in [4.78, 5) is 14.3. The molecule has 1 amide bonds. The van der Waals surface area contributed by atoms with Crippen LogP contribution in [0.3, 0.4) is 0 Å². The normalized spacial score (nSPS) is 12.9. The molecule has 4 rings (SSSR count). The molecule has 1 aromatic heterocycles. The number of amides is 1. The van der Waals surface area contributed by atoms with E-state index in [9.17, 15) is 4.79 Å². The average Bonchev–Trinajstić information content (AvgIpc) is 3.29. The quantitative estimate of drug-likeness (QED) is 0.623. The number of halogens is 1. The fourth-order valence-corrected chi connectivity index (χ4v) is 4.06. The summed E-state index contributed by atoms with van der Waals surface area (Å²) in [5, 5.41) is 12.9. The summed E-state index contributed by atoms with van der Waals surface area (Å²) in [7, 11) is 0. The summed E-state index contributed by atoms with van der Waals surface area (Å²) < 4.78 is 2.06. The van der Waals surface area contributed by atoms with Gasteiger partial charge in [-0.3, -0.25) is 9.36 Å². The number of carbonyl (C=O) groups is 1. The van der Waals surface area contributed by atoms with E-state index in [-0.39, 0.29) is 11.7 Å². The van der Waals surface area contributed by atoms with Gasteiger partial charge in [-0.15, -0.1) is 10.2 Å². The van der Waals surface area contributed by atoms with Crippen LogP contribution in [0, 0.1) is 6.92 Å². The topological polar surface area (TPSA) is 63.1 Å². The minimum atomic E-state index is -0.0596. The van der Waals surface area contributed by atoms with Crippen molar-refractivity contribution >= 4 is 40.9 Å². The van der Waals surface area contributed by atoms with Crippen LogP contribution in [-0.4, -0.2) is 33.0 Å². The third kappa shape index (κ3) is 4.00. The molecule has 28 heavy (non-hydrogen) atoms. The lowest BCUT2D eigenvalue weighted by atomic mass is 10.2. The molecule has 8 heteroatoms. The van der Waals surface area contributed by atoms with Gasteiger partial charge in [0.05, 0.1) is 5.75 Å². The molecule has 6 nitrogen and oxygen atoms in total. The average molecular weight is 414 g/mol. The predicted molar refractivity (Wildman–Crippen MR) is 112 cm³/mol. The maximum Gasteiger partial charge on any atom is 0.232 e. The van der Waals surface area contributed by atoms with E-state index in [2.05, 4.69) is 56.2 Å². The maximum atomic E-state index is 12.2. The molecule has 1 N–H and O–H groups in total. The Morgan fingerprint density at radius 2 is 1.93 bits per heavy atom. The number of rotatable bonds is 6. The molecule has 0 radical (unpaired) electrons. The number of anilines is 2. The van der Waals surface area contributed by atoms with E-state index in [0.717, 1.165) is 35.4 Å². The van der Waals surface area contributed by atoms with Gasteiger partial charge in [-0.25, -0.2) is 0 Å². The highest BCUT2D eigenvalue weighted by molar-refractivity contribution is 7.99. The Morgan fingerprint density at radius 3 is 2.71 bits per heavy atom. The maximum absolute atomic E-state index is 12.2. The Balaban J connectivity index is 1.35. The van der Waals surface area contributed by atoms with Crippen molar-refractivity contribution in [3.8, 4) is 0 Å². The van der Waals surface area contributed by atoms with Crippen LogP contribution in [0.1, 0.15) is 11.1 Å². The van der Waals surface area contributed by atoms with Crippen LogP contribution >= 0.6 is 23.4 Å². The lowest BCUT2D eigenvalue weighted by molar-refractivity contribution is -0.118. The number of aromatic nitrogens is 3. The lowest BCUT2D eigenvalue weighted by Crippen LogP contribution is -2.24. The number of hydrogen-bond acceptors (Lipinski definition) is 5. The van der Waals surface area contributed by atoms with Gasteiger partial charge in [-0.1, -0.05) is 59.3 Å². The van der Waals surface area contributed by atoms with Crippen molar-refractivity contribution in [3.05, 3.63) is 64.7 Å². The van der Waals surface area contributed by atoms with E-state index in [4.69, 9.17) is 11.6 Å². The molecule has 3 aromatic rings. The Morgan fingerprint density at radius 1 is 1.14 bits per heavy atom. The third-order valence-corrected chi connectivity index (χ3v) is 5.93. The second-order valence-electron chi connectivity index (χ2n) is 6.58. The molecule has 0 bridgehead atoms. The number of benzene rings is 2. The minimum absolute atomic E-state index is 0.0596. The number of aryl methyl sites for hydroxylation is 1. The molecule has 0 aliphatic carbocycles. The predicted octanol–water partition coefficient (Wildman–Crippen LogP) is 3.80. The molecule has 0 saturated heterocycles. The zero-order valence-electron chi connectivity index (χ0n) is 15.4. The number of fused-ring (bicyclic) bond motifs is 1. The van der Waals surface area contributed by atoms with Crippen LogP contribution < -0.4 is 10.2 Å². The number of nitrogens with zero attached hydrogens (tertiary/aromatic N) is 4. The van der Waals surface area contributed by atoms with Gasteiger partial charge >= 0.3 is 0 Å². The molecule has 0 fully saturated rings. The third-order valence-electron chi connectivity index (χ3n) is 4.60.